The molecule has 0 N–H and O–H groups in total. The molecule has 2 heterocycles. The molecular weight excluding hydrogens is 588 g/mol. The third kappa shape index (κ3) is 4.99. The minimum Gasteiger partial charge on any atom is -0.496 e. The number of hydrogen-bond acceptors (Lipinski definition) is 6. The van der Waals surface area contributed by atoms with Crippen LogP contribution in [0, 0.1) is 0 Å². The first-order valence-electron chi connectivity index (χ1n) is 11.8. The second kappa shape index (κ2) is 11.1. The maximum Gasteiger partial charge on any atom is 0.338 e. The number of carbonyl (C=O) groups is 1. The number of thiazole rings is 1. The van der Waals surface area contributed by atoms with Gasteiger partial charge in [0.1, 0.15) is 5.75 Å². The molecule has 1 aliphatic heterocycles. The second-order valence-corrected chi connectivity index (χ2v) is 10.7. The van der Waals surface area contributed by atoms with Crippen molar-refractivity contribution in [2.45, 2.75) is 13.0 Å². The van der Waals surface area contributed by atoms with Crippen molar-refractivity contribution in [2.75, 3.05) is 13.7 Å². The molecule has 0 fully saturated rings. The van der Waals surface area contributed by atoms with Gasteiger partial charge in [-0.05, 0) is 64.3 Å². The summed E-state index contributed by atoms with van der Waals surface area (Å²) in [6, 6.07) is 21.4. The number of nitrogens with zero attached hydrogens (tertiary/aromatic N) is 2. The Morgan fingerprint density at radius 2 is 1.87 bits per heavy atom. The number of halogens is 2. The Balaban J connectivity index is 1.80. The zero-order valence-electron chi connectivity index (χ0n) is 20.5. The lowest BCUT2D eigenvalue weighted by atomic mass is 9.93. The second-order valence-electron chi connectivity index (χ2n) is 8.38. The van der Waals surface area contributed by atoms with E-state index in [2.05, 4.69) is 15.9 Å². The van der Waals surface area contributed by atoms with Crippen LogP contribution < -0.4 is 19.6 Å². The standard InChI is InChI=1S/C29H22BrClN2O4S/c1-3-37-28(35)24-25(18-7-5-4-6-8-18)32-29-33(26(24)19-10-12-20(31)13-11-19)27(34)23(38-29)16-17-9-14-22(36-2)21(30)15-17/h4-16,26H,3H2,1-2H3. The molecule has 0 bridgehead atoms. The van der Waals surface area contributed by atoms with E-state index in [-0.39, 0.29) is 12.2 Å². The van der Waals surface area contributed by atoms with Crippen LogP contribution in [0.3, 0.4) is 0 Å². The Labute approximate surface area is 236 Å². The summed E-state index contributed by atoms with van der Waals surface area (Å²) in [7, 11) is 1.60. The quantitative estimate of drug-likeness (QED) is 0.276. The molecule has 38 heavy (non-hydrogen) atoms. The highest BCUT2D eigenvalue weighted by atomic mass is 79.9. The monoisotopic (exact) mass is 608 g/mol. The molecule has 1 atom stereocenters. The first-order valence-corrected chi connectivity index (χ1v) is 13.8. The topological polar surface area (TPSA) is 69.9 Å². The lowest BCUT2D eigenvalue weighted by Crippen LogP contribution is -2.40. The van der Waals surface area contributed by atoms with Crippen molar-refractivity contribution in [1.82, 2.24) is 4.57 Å². The number of hydrogen-bond donors (Lipinski definition) is 0. The average Bonchev–Trinajstić information content (AvgIpc) is 3.23. The fourth-order valence-electron chi connectivity index (χ4n) is 4.32. The largest absolute Gasteiger partial charge is 0.496 e. The van der Waals surface area contributed by atoms with Crippen molar-refractivity contribution in [3.63, 3.8) is 0 Å². The molecule has 3 aromatic carbocycles. The van der Waals surface area contributed by atoms with E-state index < -0.39 is 12.0 Å². The predicted octanol–water partition coefficient (Wildman–Crippen LogP) is 5.36. The normalized spacial score (nSPS) is 15.2. The summed E-state index contributed by atoms with van der Waals surface area (Å²) in [5.74, 6) is 0.168. The van der Waals surface area contributed by atoms with Crippen molar-refractivity contribution < 1.29 is 14.3 Å². The van der Waals surface area contributed by atoms with Crippen molar-refractivity contribution >= 4 is 56.6 Å². The van der Waals surface area contributed by atoms with Crippen LogP contribution in [0.1, 0.15) is 29.7 Å². The first-order chi connectivity index (χ1) is 18.4. The SMILES string of the molecule is CCOC(=O)C1=C(c2ccccc2)N=c2sc(=Cc3ccc(OC)c(Br)c3)c(=O)n2C1c1ccc(Cl)cc1. The van der Waals surface area contributed by atoms with E-state index in [9.17, 15) is 9.59 Å². The van der Waals surface area contributed by atoms with E-state index in [4.69, 9.17) is 26.1 Å². The number of aromatic nitrogens is 1. The van der Waals surface area contributed by atoms with Gasteiger partial charge >= 0.3 is 5.97 Å². The molecule has 0 aliphatic carbocycles. The van der Waals surface area contributed by atoms with Gasteiger partial charge in [-0.25, -0.2) is 9.79 Å². The van der Waals surface area contributed by atoms with E-state index in [1.807, 2.05) is 66.7 Å². The van der Waals surface area contributed by atoms with Gasteiger partial charge in [-0.3, -0.25) is 9.36 Å². The number of rotatable bonds is 6. The summed E-state index contributed by atoms with van der Waals surface area (Å²) < 4.78 is 13.6. The van der Waals surface area contributed by atoms with Gasteiger partial charge in [0, 0.05) is 10.6 Å². The summed E-state index contributed by atoms with van der Waals surface area (Å²) in [6.45, 7) is 1.94. The highest BCUT2D eigenvalue weighted by Crippen LogP contribution is 2.35. The Morgan fingerprint density at radius 3 is 2.53 bits per heavy atom. The molecule has 0 saturated heterocycles. The van der Waals surface area contributed by atoms with Crippen LogP contribution >= 0.6 is 38.9 Å². The molecule has 192 valence electrons. The summed E-state index contributed by atoms with van der Waals surface area (Å²) in [6.07, 6.45) is 1.81. The lowest BCUT2D eigenvalue weighted by molar-refractivity contribution is -0.138. The number of benzene rings is 3. The minimum atomic E-state index is -0.748. The molecule has 4 aromatic rings. The molecule has 0 spiro atoms. The van der Waals surface area contributed by atoms with E-state index in [1.54, 1.807) is 30.7 Å². The Hall–Kier alpha value is -3.46. The van der Waals surface area contributed by atoms with Gasteiger partial charge in [0.15, 0.2) is 4.80 Å². The summed E-state index contributed by atoms with van der Waals surface area (Å²) >= 11 is 10.9. The maximum absolute atomic E-state index is 13.9. The number of ether oxygens (including phenoxy) is 2. The van der Waals surface area contributed by atoms with E-state index in [1.165, 1.54) is 11.3 Å². The van der Waals surface area contributed by atoms with Gasteiger partial charge in [0.2, 0.25) is 0 Å². The third-order valence-electron chi connectivity index (χ3n) is 6.03. The molecule has 0 saturated carbocycles. The van der Waals surface area contributed by atoms with Gasteiger partial charge in [-0.2, -0.15) is 0 Å². The van der Waals surface area contributed by atoms with Gasteiger partial charge in [-0.1, -0.05) is 71.5 Å². The van der Waals surface area contributed by atoms with Crippen LogP contribution in [0.25, 0.3) is 11.8 Å². The molecule has 0 radical (unpaired) electrons. The predicted molar refractivity (Wildman–Crippen MR) is 153 cm³/mol. The van der Waals surface area contributed by atoms with Crippen molar-refractivity contribution in [1.29, 1.82) is 0 Å². The molecule has 1 unspecified atom stereocenters. The van der Waals surface area contributed by atoms with Gasteiger partial charge < -0.3 is 9.47 Å². The first kappa shape index (κ1) is 26.2. The number of carbonyl (C=O) groups excluding carboxylic acids is 1. The lowest BCUT2D eigenvalue weighted by Gasteiger charge is -2.25. The molecule has 9 heteroatoms. The third-order valence-corrected chi connectivity index (χ3v) is 7.89. The van der Waals surface area contributed by atoms with Crippen LogP contribution in [0.15, 0.2) is 92.6 Å². The number of methoxy groups -OCH3 is 1. The van der Waals surface area contributed by atoms with Crippen LogP contribution in [0.4, 0.5) is 0 Å². The molecule has 0 amide bonds. The highest BCUT2D eigenvalue weighted by molar-refractivity contribution is 9.10. The summed E-state index contributed by atoms with van der Waals surface area (Å²) in [5, 5.41) is 0.552. The number of fused-ring (bicyclic) bond motifs is 1. The smallest absolute Gasteiger partial charge is 0.338 e. The van der Waals surface area contributed by atoms with Crippen LogP contribution in [0.5, 0.6) is 5.75 Å². The summed E-state index contributed by atoms with van der Waals surface area (Å²) in [5.41, 5.74) is 2.82. The van der Waals surface area contributed by atoms with Crippen molar-refractivity contribution in [3.05, 3.63) is 124 Å². The Kier molecular flexibility index (Phi) is 7.65. The molecule has 5 rings (SSSR count). The fourth-order valence-corrected chi connectivity index (χ4v) is 6.01. The van der Waals surface area contributed by atoms with Crippen LogP contribution in [-0.2, 0) is 9.53 Å². The van der Waals surface area contributed by atoms with E-state index >= 15 is 0 Å². The highest BCUT2D eigenvalue weighted by Gasteiger charge is 2.35. The maximum atomic E-state index is 13.9. The fraction of sp³-hybridized carbons (Fsp3) is 0.138. The van der Waals surface area contributed by atoms with E-state index in [0.29, 0.717) is 31.4 Å². The van der Waals surface area contributed by atoms with Crippen molar-refractivity contribution in [2.24, 2.45) is 4.99 Å². The van der Waals surface area contributed by atoms with Gasteiger partial charge in [-0.15, -0.1) is 0 Å². The number of esters is 1. The zero-order chi connectivity index (χ0) is 26.8. The minimum absolute atomic E-state index is 0.189. The molecule has 1 aliphatic rings. The zero-order valence-corrected chi connectivity index (χ0v) is 23.6. The van der Waals surface area contributed by atoms with Crippen LogP contribution in [-0.4, -0.2) is 24.3 Å². The molecule has 1 aromatic heterocycles. The molecule has 6 nitrogen and oxygen atoms in total. The van der Waals surface area contributed by atoms with Gasteiger partial charge in [0.05, 0.1) is 40.0 Å². The van der Waals surface area contributed by atoms with Crippen molar-refractivity contribution in [3.8, 4) is 5.75 Å². The average molecular weight is 610 g/mol. The van der Waals surface area contributed by atoms with Gasteiger partial charge in [0.25, 0.3) is 5.56 Å². The van der Waals surface area contributed by atoms with Crippen LogP contribution in [0.2, 0.25) is 5.02 Å². The Morgan fingerprint density at radius 1 is 1.13 bits per heavy atom. The van der Waals surface area contributed by atoms with E-state index in [0.717, 1.165) is 21.2 Å². The summed E-state index contributed by atoms with van der Waals surface area (Å²) in [4.78, 5) is 32.7. The molecular formula is C29H22BrClN2O4S. The Bertz CT molecular complexity index is 1730.